The standard InChI is InChI=1S/C9H12N6O/c1-3-16-9-13-7(12-8(10)14-9)6-4-5-11-15(6)2/h4-5H,3H2,1-2H3,(H2,10,12,13,14). The van der Waals surface area contributed by atoms with E-state index in [0.29, 0.717) is 12.4 Å². The first kappa shape index (κ1) is 10.3. The molecule has 0 aliphatic heterocycles. The van der Waals surface area contributed by atoms with Gasteiger partial charge in [0.1, 0.15) is 5.69 Å². The van der Waals surface area contributed by atoms with Crippen molar-refractivity contribution in [3.63, 3.8) is 0 Å². The van der Waals surface area contributed by atoms with Crippen molar-refractivity contribution in [2.45, 2.75) is 6.92 Å². The van der Waals surface area contributed by atoms with Crippen LogP contribution < -0.4 is 10.5 Å². The Morgan fingerprint density at radius 3 is 2.81 bits per heavy atom. The van der Waals surface area contributed by atoms with Crippen LogP contribution in [0.3, 0.4) is 0 Å². The number of anilines is 1. The lowest BCUT2D eigenvalue weighted by Crippen LogP contribution is -2.06. The van der Waals surface area contributed by atoms with Gasteiger partial charge in [-0.15, -0.1) is 0 Å². The molecule has 2 N–H and O–H groups in total. The number of rotatable bonds is 3. The fraction of sp³-hybridized carbons (Fsp3) is 0.333. The molecule has 7 nitrogen and oxygen atoms in total. The van der Waals surface area contributed by atoms with Gasteiger partial charge in [-0.3, -0.25) is 4.68 Å². The van der Waals surface area contributed by atoms with Gasteiger partial charge in [-0.25, -0.2) is 0 Å². The Hall–Kier alpha value is -2.18. The molecule has 2 aromatic heterocycles. The fourth-order valence-electron chi connectivity index (χ4n) is 1.27. The Balaban J connectivity index is 2.45. The van der Waals surface area contributed by atoms with E-state index in [4.69, 9.17) is 10.5 Å². The molecular weight excluding hydrogens is 208 g/mol. The lowest BCUT2D eigenvalue weighted by molar-refractivity contribution is 0.312. The average molecular weight is 220 g/mol. The van der Waals surface area contributed by atoms with Gasteiger partial charge >= 0.3 is 6.01 Å². The van der Waals surface area contributed by atoms with E-state index in [-0.39, 0.29) is 12.0 Å². The molecule has 0 atom stereocenters. The molecule has 0 fully saturated rings. The van der Waals surface area contributed by atoms with Gasteiger partial charge in [-0.2, -0.15) is 20.1 Å². The topological polar surface area (TPSA) is 91.7 Å². The molecule has 0 saturated heterocycles. The van der Waals surface area contributed by atoms with Gasteiger partial charge in [0.25, 0.3) is 0 Å². The van der Waals surface area contributed by atoms with Crippen LogP contribution in [0.4, 0.5) is 5.95 Å². The lowest BCUT2D eigenvalue weighted by Gasteiger charge is -2.04. The van der Waals surface area contributed by atoms with E-state index in [2.05, 4.69) is 20.1 Å². The molecule has 0 radical (unpaired) electrons. The number of ether oxygens (including phenoxy) is 1. The van der Waals surface area contributed by atoms with Crippen LogP contribution in [0, 0.1) is 0 Å². The van der Waals surface area contributed by atoms with Crippen LogP contribution in [-0.4, -0.2) is 31.3 Å². The van der Waals surface area contributed by atoms with E-state index in [0.717, 1.165) is 5.69 Å². The Morgan fingerprint density at radius 1 is 1.38 bits per heavy atom. The highest BCUT2D eigenvalue weighted by Crippen LogP contribution is 2.16. The SMILES string of the molecule is CCOc1nc(N)nc(-c2ccnn2C)n1. The minimum absolute atomic E-state index is 0.134. The van der Waals surface area contributed by atoms with Crippen LogP contribution in [0.5, 0.6) is 6.01 Å². The van der Waals surface area contributed by atoms with E-state index in [9.17, 15) is 0 Å². The second kappa shape index (κ2) is 4.13. The van der Waals surface area contributed by atoms with Gasteiger partial charge in [-0.1, -0.05) is 0 Å². The first-order valence-electron chi connectivity index (χ1n) is 4.83. The van der Waals surface area contributed by atoms with Gasteiger partial charge in [0, 0.05) is 13.2 Å². The van der Waals surface area contributed by atoms with Crippen LogP contribution in [0.2, 0.25) is 0 Å². The number of hydrogen-bond donors (Lipinski definition) is 1. The van der Waals surface area contributed by atoms with Crippen LogP contribution in [0.25, 0.3) is 11.5 Å². The summed E-state index contributed by atoms with van der Waals surface area (Å²) in [5.74, 6) is 0.589. The van der Waals surface area contributed by atoms with Crippen molar-refractivity contribution in [2.75, 3.05) is 12.3 Å². The zero-order valence-corrected chi connectivity index (χ0v) is 9.08. The highest BCUT2D eigenvalue weighted by atomic mass is 16.5. The number of aromatic nitrogens is 5. The summed E-state index contributed by atoms with van der Waals surface area (Å²) in [6, 6.07) is 2.02. The molecule has 2 aromatic rings. The Labute approximate surface area is 92.3 Å². The predicted octanol–water partition coefficient (Wildman–Crippen LogP) is 0.253. The summed E-state index contributed by atoms with van der Waals surface area (Å²) in [7, 11) is 1.80. The summed E-state index contributed by atoms with van der Waals surface area (Å²) in [4.78, 5) is 12.0. The molecule has 7 heteroatoms. The molecule has 2 rings (SSSR count). The summed E-state index contributed by atoms with van der Waals surface area (Å²) in [5, 5.41) is 4.03. The van der Waals surface area contributed by atoms with Crippen molar-refractivity contribution in [3.8, 4) is 17.5 Å². The molecule has 84 valence electrons. The maximum absolute atomic E-state index is 5.57. The number of aryl methyl sites for hydroxylation is 1. The molecule has 2 heterocycles. The van der Waals surface area contributed by atoms with Crippen molar-refractivity contribution in [1.29, 1.82) is 0 Å². The second-order valence-electron chi connectivity index (χ2n) is 3.07. The lowest BCUT2D eigenvalue weighted by atomic mass is 10.4. The van der Waals surface area contributed by atoms with Gasteiger partial charge in [0.15, 0.2) is 5.82 Å². The van der Waals surface area contributed by atoms with Crippen molar-refractivity contribution in [3.05, 3.63) is 12.3 Å². The fourth-order valence-corrected chi connectivity index (χ4v) is 1.27. The summed E-state index contributed by atoms with van der Waals surface area (Å²) in [5.41, 5.74) is 6.33. The third kappa shape index (κ3) is 1.92. The second-order valence-corrected chi connectivity index (χ2v) is 3.07. The minimum atomic E-state index is 0.134. The van der Waals surface area contributed by atoms with Crippen LogP contribution in [0.15, 0.2) is 12.3 Å². The normalized spacial score (nSPS) is 10.4. The third-order valence-electron chi connectivity index (χ3n) is 1.96. The van der Waals surface area contributed by atoms with E-state index in [1.54, 1.807) is 24.0 Å². The van der Waals surface area contributed by atoms with Gasteiger partial charge in [0.2, 0.25) is 5.95 Å². The zero-order chi connectivity index (χ0) is 11.5. The molecule has 0 bridgehead atoms. The van der Waals surface area contributed by atoms with Gasteiger partial charge in [0.05, 0.1) is 6.61 Å². The van der Waals surface area contributed by atoms with Crippen molar-refractivity contribution < 1.29 is 4.74 Å². The number of nitrogen functional groups attached to an aromatic ring is 1. The minimum Gasteiger partial charge on any atom is -0.464 e. The summed E-state index contributed by atoms with van der Waals surface area (Å²) >= 11 is 0. The molecule has 0 unspecified atom stereocenters. The highest BCUT2D eigenvalue weighted by Gasteiger charge is 2.10. The van der Waals surface area contributed by atoms with Crippen LogP contribution in [-0.2, 0) is 7.05 Å². The maximum atomic E-state index is 5.57. The summed E-state index contributed by atoms with van der Waals surface area (Å²) in [6.07, 6.45) is 1.66. The van der Waals surface area contributed by atoms with Gasteiger partial charge < -0.3 is 10.5 Å². The average Bonchev–Trinajstić information content (AvgIpc) is 2.64. The molecular formula is C9H12N6O. The molecule has 0 aromatic carbocycles. The van der Waals surface area contributed by atoms with E-state index >= 15 is 0 Å². The van der Waals surface area contributed by atoms with Crippen LogP contribution >= 0.6 is 0 Å². The number of hydrogen-bond acceptors (Lipinski definition) is 6. The quantitative estimate of drug-likeness (QED) is 0.797. The molecule has 16 heavy (non-hydrogen) atoms. The first-order valence-corrected chi connectivity index (χ1v) is 4.83. The molecule has 0 aliphatic carbocycles. The van der Waals surface area contributed by atoms with Crippen molar-refractivity contribution >= 4 is 5.95 Å². The van der Waals surface area contributed by atoms with Crippen LogP contribution in [0.1, 0.15) is 6.92 Å². The first-order chi connectivity index (χ1) is 7.70. The van der Waals surface area contributed by atoms with E-state index in [1.807, 2.05) is 6.92 Å². The smallest absolute Gasteiger partial charge is 0.321 e. The molecule has 0 amide bonds. The van der Waals surface area contributed by atoms with Crippen molar-refractivity contribution in [2.24, 2.45) is 7.05 Å². The molecule has 0 spiro atoms. The Kier molecular flexibility index (Phi) is 2.67. The summed E-state index contributed by atoms with van der Waals surface area (Å²) in [6.45, 7) is 2.33. The molecule has 0 aliphatic rings. The number of nitrogens with two attached hydrogens (primary N) is 1. The van der Waals surface area contributed by atoms with E-state index < -0.39 is 0 Å². The highest BCUT2D eigenvalue weighted by molar-refractivity contribution is 5.50. The summed E-state index contributed by atoms with van der Waals surface area (Å²) < 4.78 is 6.85. The third-order valence-corrected chi connectivity index (χ3v) is 1.96. The van der Waals surface area contributed by atoms with E-state index in [1.165, 1.54) is 0 Å². The maximum Gasteiger partial charge on any atom is 0.321 e. The van der Waals surface area contributed by atoms with Gasteiger partial charge in [-0.05, 0) is 13.0 Å². The molecule has 0 saturated carbocycles. The monoisotopic (exact) mass is 220 g/mol. The zero-order valence-electron chi connectivity index (χ0n) is 9.08. The van der Waals surface area contributed by atoms with Crippen molar-refractivity contribution in [1.82, 2.24) is 24.7 Å². The predicted molar refractivity (Wildman–Crippen MR) is 57.6 cm³/mol. The Morgan fingerprint density at radius 2 is 2.19 bits per heavy atom. The number of nitrogens with zero attached hydrogens (tertiary/aromatic N) is 5. The Bertz CT molecular complexity index is 494. The largest absolute Gasteiger partial charge is 0.464 e.